The molecule has 0 aliphatic heterocycles. The largest absolute Gasteiger partial charge is 0.481 e. The number of aromatic nitrogens is 3. The number of carboxylic acid groups (broad SMARTS) is 1. The average molecular weight is 267 g/mol. The van der Waals surface area contributed by atoms with Crippen LogP contribution in [0.25, 0.3) is 16.9 Å². The summed E-state index contributed by atoms with van der Waals surface area (Å²) in [6, 6.07) is 11.7. The van der Waals surface area contributed by atoms with E-state index in [0.29, 0.717) is 11.3 Å². The van der Waals surface area contributed by atoms with E-state index in [1.807, 2.05) is 47.7 Å². The van der Waals surface area contributed by atoms with Gasteiger partial charge in [0.2, 0.25) is 0 Å². The number of fused-ring (bicyclic) bond motifs is 1. The maximum Gasteiger partial charge on any atom is 0.309 e. The predicted molar refractivity (Wildman–Crippen MR) is 74.5 cm³/mol. The summed E-state index contributed by atoms with van der Waals surface area (Å²) < 4.78 is 1.81. The van der Waals surface area contributed by atoms with Crippen molar-refractivity contribution in [3.05, 3.63) is 54.1 Å². The number of imidazole rings is 1. The van der Waals surface area contributed by atoms with Gasteiger partial charge in [0.1, 0.15) is 11.5 Å². The molecule has 0 fully saturated rings. The van der Waals surface area contributed by atoms with Gasteiger partial charge in [-0.05, 0) is 6.92 Å². The molecular weight excluding hydrogens is 254 g/mol. The molecule has 0 aliphatic rings. The molecule has 1 N–H and O–H groups in total. The minimum atomic E-state index is -0.887. The van der Waals surface area contributed by atoms with Crippen LogP contribution in [0.4, 0.5) is 0 Å². The van der Waals surface area contributed by atoms with Crippen molar-refractivity contribution in [1.29, 1.82) is 0 Å². The van der Waals surface area contributed by atoms with Crippen molar-refractivity contribution in [1.82, 2.24) is 14.4 Å². The highest BCUT2D eigenvalue weighted by atomic mass is 16.4. The Labute approximate surface area is 115 Å². The Morgan fingerprint density at radius 2 is 2.00 bits per heavy atom. The molecule has 1 aromatic carbocycles. The predicted octanol–water partition coefficient (Wildman–Crippen LogP) is 2.33. The lowest BCUT2D eigenvalue weighted by molar-refractivity contribution is -0.136. The van der Waals surface area contributed by atoms with Gasteiger partial charge in [-0.15, -0.1) is 0 Å². The van der Waals surface area contributed by atoms with Crippen molar-refractivity contribution in [3.63, 3.8) is 0 Å². The fraction of sp³-hybridized carbons (Fsp3) is 0.133. The summed E-state index contributed by atoms with van der Waals surface area (Å²) in [5.74, 6) is -0.104. The third-order valence-corrected chi connectivity index (χ3v) is 3.08. The molecule has 0 aliphatic carbocycles. The number of hydrogen-bond donors (Lipinski definition) is 1. The number of rotatable bonds is 3. The fourth-order valence-electron chi connectivity index (χ4n) is 2.19. The number of benzene rings is 1. The van der Waals surface area contributed by atoms with Crippen molar-refractivity contribution in [2.24, 2.45) is 0 Å². The van der Waals surface area contributed by atoms with E-state index in [1.54, 1.807) is 6.20 Å². The van der Waals surface area contributed by atoms with Gasteiger partial charge >= 0.3 is 5.97 Å². The van der Waals surface area contributed by atoms with E-state index in [9.17, 15) is 4.79 Å². The van der Waals surface area contributed by atoms with E-state index < -0.39 is 5.97 Å². The van der Waals surface area contributed by atoms with Crippen LogP contribution in [-0.4, -0.2) is 25.4 Å². The van der Waals surface area contributed by atoms with Gasteiger partial charge in [-0.3, -0.25) is 9.20 Å². The van der Waals surface area contributed by atoms with Gasteiger partial charge in [-0.2, -0.15) is 0 Å². The lowest BCUT2D eigenvalue weighted by atomic mass is 10.1. The third-order valence-electron chi connectivity index (χ3n) is 3.08. The number of nitrogens with zero attached hydrogens (tertiary/aromatic N) is 3. The molecule has 2 heterocycles. The first kappa shape index (κ1) is 12.3. The summed E-state index contributed by atoms with van der Waals surface area (Å²) in [7, 11) is 0. The van der Waals surface area contributed by atoms with Crippen LogP contribution in [0, 0.1) is 6.92 Å². The molecule has 0 bridgehead atoms. The normalized spacial score (nSPS) is 10.8. The van der Waals surface area contributed by atoms with Crippen LogP contribution < -0.4 is 0 Å². The molecule has 2 aromatic heterocycles. The Morgan fingerprint density at radius 3 is 2.70 bits per heavy atom. The number of aryl methyl sites for hydroxylation is 1. The Kier molecular flexibility index (Phi) is 2.95. The van der Waals surface area contributed by atoms with Crippen molar-refractivity contribution in [2.45, 2.75) is 13.3 Å². The van der Waals surface area contributed by atoms with Crippen molar-refractivity contribution in [3.8, 4) is 11.3 Å². The van der Waals surface area contributed by atoms with Crippen LogP contribution in [0.3, 0.4) is 0 Å². The number of carbonyl (C=O) groups is 1. The Balaban J connectivity index is 2.11. The minimum absolute atomic E-state index is 0.0816. The summed E-state index contributed by atoms with van der Waals surface area (Å²) in [6.45, 7) is 1.88. The van der Waals surface area contributed by atoms with E-state index in [4.69, 9.17) is 5.11 Å². The highest BCUT2D eigenvalue weighted by molar-refractivity contribution is 5.70. The SMILES string of the molecule is Cc1nc(-c2ccccc2)cc2nc(CC(=O)O)cn12. The van der Waals surface area contributed by atoms with Gasteiger partial charge in [0.05, 0.1) is 17.8 Å². The van der Waals surface area contributed by atoms with Crippen LogP contribution in [0.2, 0.25) is 0 Å². The third kappa shape index (κ3) is 2.25. The second-order valence-corrected chi connectivity index (χ2v) is 4.59. The first-order valence-electron chi connectivity index (χ1n) is 6.26. The summed E-state index contributed by atoms with van der Waals surface area (Å²) >= 11 is 0. The summed E-state index contributed by atoms with van der Waals surface area (Å²) in [5.41, 5.74) is 3.10. The summed E-state index contributed by atoms with van der Waals surface area (Å²) in [6.07, 6.45) is 1.64. The average Bonchev–Trinajstić information content (AvgIpc) is 2.82. The topological polar surface area (TPSA) is 67.5 Å². The summed E-state index contributed by atoms with van der Waals surface area (Å²) in [4.78, 5) is 19.6. The first-order chi connectivity index (χ1) is 9.63. The molecule has 0 amide bonds. The fourth-order valence-corrected chi connectivity index (χ4v) is 2.19. The first-order valence-corrected chi connectivity index (χ1v) is 6.26. The zero-order valence-corrected chi connectivity index (χ0v) is 10.9. The Morgan fingerprint density at radius 1 is 1.25 bits per heavy atom. The van der Waals surface area contributed by atoms with Gasteiger partial charge in [0, 0.05) is 17.8 Å². The smallest absolute Gasteiger partial charge is 0.309 e. The molecule has 5 nitrogen and oxygen atoms in total. The molecule has 0 spiro atoms. The molecule has 5 heteroatoms. The monoisotopic (exact) mass is 267 g/mol. The molecule has 0 unspecified atom stereocenters. The Bertz CT molecular complexity index is 778. The molecule has 0 radical (unpaired) electrons. The van der Waals surface area contributed by atoms with Gasteiger partial charge in [0.15, 0.2) is 0 Å². The molecule has 0 saturated carbocycles. The van der Waals surface area contributed by atoms with E-state index in [1.165, 1.54) is 0 Å². The van der Waals surface area contributed by atoms with Crippen molar-refractivity contribution in [2.75, 3.05) is 0 Å². The molecule has 20 heavy (non-hydrogen) atoms. The quantitative estimate of drug-likeness (QED) is 0.790. The lowest BCUT2D eigenvalue weighted by Crippen LogP contribution is -1.99. The molecule has 0 saturated heterocycles. The minimum Gasteiger partial charge on any atom is -0.481 e. The van der Waals surface area contributed by atoms with Crippen molar-refractivity contribution < 1.29 is 9.90 Å². The van der Waals surface area contributed by atoms with Crippen LogP contribution in [0.1, 0.15) is 11.5 Å². The van der Waals surface area contributed by atoms with Crippen LogP contribution in [-0.2, 0) is 11.2 Å². The standard InChI is InChI=1S/C15H13N3O2/c1-10-16-13(11-5-3-2-4-6-11)8-14-17-12(7-15(19)20)9-18(10)14/h2-6,8-9H,7H2,1H3,(H,19,20). The van der Waals surface area contributed by atoms with E-state index in [-0.39, 0.29) is 6.42 Å². The van der Waals surface area contributed by atoms with Gasteiger partial charge in [0.25, 0.3) is 0 Å². The van der Waals surface area contributed by atoms with Gasteiger partial charge in [-0.1, -0.05) is 30.3 Å². The van der Waals surface area contributed by atoms with Crippen molar-refractivity contribution >= 4 is 11.6 Å². The second-order valence-electron chi connectivity index (χ2n) is 4.59. The molecule has 100 valence electrons. The molecule has 3 rings (SSSR count). The number of aliphatic carboxylic acids is 1. The maximum atomic E-state index is 10.8. The number of hydrogen-bond acceptors (Lipinski definition) is 3. The van der Waals surface area contributed by atoms with Gasteiger partial charge in [-0.25, -0.2) is 9.97 Å². The number of carboxylic acids is 1. The highest BCUT2D eigenvalue weighted by Crippen LogP contribution is 2.19. The van der Waals surface area contributed by atoms with Gasteiger partial charge < -0.3 is 5.11 Å². The zero-order valence-electron chi connectivity index (χ0n) is 10.9. The zero-order chi connectivity index (χ0) is 14.1. The van der Waals surface area contributed by atoms with E-state index in [0.717, 1.165) is 17.1 Å². The molecule has 3 aromatic rings. The van der Waals surface area contributed by atoms with E-state index >= 15 is 0 Å². The Hall–Kier alpha value is -2.69. The van der Waals surface area contributed by atoms with Crippen LogP contribution >= 0.6 is 0 Å². The van der Waals surface area contributed by atoms with Crippen LogP contribution in [0.5, 0.6) is 0 Å². The molecular formula is C15H13N3O2. The second kappa shape index (κ2) is 4.77. The summed E-state index contributed by atoms with van der Waals surface area (Å²) in [5, 5.41) is 8.83. The maximum absolute atomic E-state index is 10.8. The van der Waals surface area contributed by atoms with E-state index in [2.05, 4.69) is 9.97 Å². The lowest BCUT2D eigenvalue weighted by Gasteiger charge is -2.04. The highest BCUT2D eigenvalue weighted by Gasteiger charge is 2.10. The van der Waals surface area contributed by atoms with Crippen LogP contribution in [0.15, 0.2) is 42.6 Å². The molecule has 0 atom stereocenters.